The SMILES string of the molecule is CCCCCCCCCNC1CCC(=O)NC1=O. The number of hydrogen-bond acceptors (Lipinski definition) is 3. The third kappa shape index (κ3) is 6.15. The van der Waals surface area contributed by atoms with E-state index in [9.17, 15) is 9.59 Å². The number of piperidine rings is 1. The van der Waals surface area contributed by atoms with Crippen LogP contribution in [0.3, 0.4) is 0 Å². The van der Waals surface area contributed by atoms with Gasteiger partial charge in [-0.1, -0.05) is 45.4 Å². The van der Waals surface area contributed by atoms with Gasteiger partial charge in [-0.15, -0.1) is 0 Å². The van der Waals surface area contributed by atoms with Gasteiger partial charge < -0.3 is 5.32 Å². The Balaban J connectivity index is 1.94. The van der Waals surface area contributed by atoms with Crippen LogP contribution >= 0.6 is 0 Å². The molecular formula is C14H26N2O2. The van der Waals surface area contributed by atoms with Crippen LogP contribution in [0.15, 0.2) is 0 Å². The van der Waals surface area contributed by atoms with Crippen molar-refractivity contribution in [3.8, 4) is 0 Å². The number of unbranched alkanes of at least 4 members (excludes halogenated alkanes) is 6. The molecule has 2 amide bonds. The Morgan fingerprint density at radius 1 is 1.11 bits per heavy atom. The largest absolute Gasteiger partial charge is 0.306 e. The first-order valence-corrected chi connectivity index (χ1v) is 7.31. The van der Waals surface area contributed by atoms with Gasteiger partial charge in [0, 0.05) is 6.42 Å². The minimum absolute atomic E-state index is 0.144. The Morgan fingerprint density at radius 3 is 2.44 bits per heavy atom. The second kappa shape index (κ2) is 9.09. The Morgan fingerprint density at radius 2 is 1.78 bits per heavy atom. The van der Waals surface area contributed by atoms with E-state index in [-0.39, 0.29) is 17.9 Å². The third-order valence-electron chi connectivity index (χ3n) is 3.41. The van der Waals surface area contributed by atoms with Crippen LogP contribution in [-0.4, -0.2) is 24.4 Å². The molecule has 0 radical (unpaired) electrons. The van der Waals surface area contributed by atoms with Crippen molar-refractivity contribution in [1.82, 2.24) is 10.6 Å². The molecule has 0 aromatic rings. The lowest BCUT2D eigenvalue weighted by Gasteiger charge is -2.21. The van der Waals surface area contributed by atoms with Crippen molar-refractivity contribution in [3.63, 3.8) is 0 Å². The van der Waals surface area contributed by atoms with Crippen molar-refractivity contribution in [2.24, 2.45) is 0 Å². The molecule has 1 heterocycles. The second-order valence-electron chi connectivity index (χ2n) is 5.08. The number of carbonyl (C=O) groups excluding carboxylic acids is 2. The van der Waals surface area contributed by atoms with Gasteiger partial charge in [0.25, 0.3) is 0 Å². The van der Waals surface area contributed by atoms with Crippen LogP contribution in [-0.2, 0) is 9.59 Å². The number of carbonyl (C=O) groups is 2. The zero-order valence-corrected chi connectivity index (χ0v) is 11.5. The summed E-state index contributed by atoms with van der Waals surface area (Å²) < 4.78 is 0. The molecular weight excluding hydrogens is 228 g/mol. The van der Waals surface area contributed by atoms with Gasteiger partial charge in [0.15, 0.2) is 0 Å². The number of imide groups is 1. The quantitative estimate of drug-likeness (QED) is 0.489. The van der Waals surface area contributed by atoms with Crippen molar-refractivity contribution in [2.45, 2.75) is 70.8 Å². The lowest BCUT2D eigenvalue weighted by Crippen LogP contribution is -2.50. The van der Waals surface area contributed by atoms with Crippen LogP contribution in [0.25, 0.3) is 0 Å². The molecule has 1 atom stereocenters. The summed E-state index contributed by atoms with van der Waals surface area (Å²) in [5.74, 6) is -0.303. The Kier molecular flexibility index (Phi) is 7.65. The van der Waals surface area contributed by atoms with E-state index < -0.39 is 0 Å². The maximum atomic E-state index is 11.4. The normalized spacial score (nSPS) is 19.9. The molecule has 0 saturated carbocycles. The van der Waals surface area contributed by atoms with Gasteiger partial charge >= 0.3 is 0 Å². The van der Waals surface area contributed by atoms with Crippen LogP contribution in [0.2, 0.25) is 0 Å². The summed E-state index contributed by atoms with van der Waals surface area (Å²) in [6.07, 6.45) is 10.0. The molecule has 0 aromatic carbocycles. The molecule has 0 spiro atoms. The van der Waals surface area contributed by atoms with Crippen LogP contribution in [0.4, 0.5) is 0 Å². The topological polar surface area (TPSA) is 58.2 Å². The summed E-state index contributed by atoms with van der Waals surface area (Å²) in [6, 6.07) is -0.164. The molecule has 1 aliphatic heterocycles. The van der Waals surface area contributed by atoms with E-state index >= 15 is 0 Å². The summed E-state index contributed by atoms with van der Waals surface area (Å²) in [6.45, 7) is 3.10. The number of nitrogens with one attached hydrogen (secondary N) is 2. The zero-order valence-electron chi connectivity index (χ0n) is 11.5. The minimum Gasteiger partial charge on any atom is -0.306 e. The summed E-state index contributed by atoms with van der Waals surface area (Å²) in [7, 11) is 0. The molecule has 0 aromatic heterocycles. The van der Waals surface area contributed by atoms with Crippen LogP contribution in [0, 0.1) is 0 Å². The molecule has 1 rings (SSSR count). The van der Waals surface area contributed by atoms with Gasteiger partial charge in [-0.2, -0.15) is 0 Å². The van der Waals surface area contributed by atoms with Crippen LogP contribution < -0.4 is 10.6 Å². The molecule has 1 fully saturated rings. The molecule has 0 bridgehead atoms. The van der Waals surface area contributed by atoms with Crippen LogP contribution in [0.1, 0.15) is 64.7 Å². The summed E-state index contributed by atoms with van der Waals surface area (Å²) >= 11 is 0. The van der Waals surface area contributed by atoms with Gasteiger partial charge in [0.05, 0.1) is 6.04 Å². The molecule has 1 saturated heterocycles. The summed E-state index contributed by atoms with van der Waals surface area (Å²) in [5, 5.41) is 5.59. The van der Waals surface area contributed by atoms with E-state index in [2.05, 4.69) is 17.6 Å². The number of amides is 2. The molecule has 0 aliphatic carbocycles. The Hall–Kier alpha value is -0.900. The highest BCUT2D eigenvalue weighted by molar-refractivity contribution is 6.00. The van der Waals surface area contributed by atoms with Crippen LogP contribution in [0.5, 0.6) is 0 Å². The van der Waals surface area contributed by atoms with Crippen molar-refractivity contribution in [1.29, 1.82) is 0 Å². The highest BCUT2D eigenvalue weighted by Crippen LogP contribution is 2.07. The van der Waals surface area contributed by atoms with Gasteiger partial charge in [-0.3, -0.25) is 14.9 Å². The average molecular weight is 254 g/mol. The van der Waals surface area contributed by atoms with E-state index in [1.54, 1.807) is 0 Å². The van der Waals surface area contributed by atoms with E-state index in [1.165, 1.54) is 38.5 Å². The van der Waals surface area contributed by atoms with E-state index in [0.717, 1.165) is 13.0 Å². The van der Waals surface area contributed by atoms with Gasteiger partial charge in [0.2, 0.25) is 11.8 Å². The zero-order chi connectivity index (χ0) is 13.2. The van der Waals surface area contributed by atoms with Gasteiger partial charge in [-0.25, -0.2) is 0 Å². The first-order valence-electron chi connectivity index (χ1n) is 7.31. The fraction of sp³-hybridized carbons (Fsp3) is 0.857. The average Bonchev–Trinajstić information content (AvgIpc) is 2.35. The Bertz CT molecular complexity index is 267. The van der Waals surface area contributed by atoms with Gasteiger partial charge in [-0.05, 0) is 19.4 Å². The number of hydrogen-bond donors (Lipinski definition) is 2. The van der Waals surface area contributed by atoms with Crippen molar-refractivity contribution in [3.05, 3.63) is 0 Å². The standard InChI is InChI=1S/C14H26N2O2/c1-2-3-4-5-6-7-8-11-15-12-9-10-13(17)16-14(12)18/h12,15H,2-11H2,1H3,(H,16,17,18). The molecule has 4 heteroatoms. The third-order valence-corrected chi connectivity index (χ3v) is 3.41. The molecule has 4 nitrogen and oxygen atoms in total. The summed E-state index contributed by atoms with van der Waals surface area (Å²) in [4.78, 5) is 22.4. The molecule has 104 valence electrons. The second-order valence-corrected chi connectivity index (χ2v) is 5.08. The van der Waals surface area contributed by atoms with Gasteiger partial charge in [0.1, 0.15) is 0 Å². The highest BCUT2D eigenvalue weighted by atomic mass is 16.2. The lowest BCUT2D eigenvalue weighted by molar-refractivity contribution is -0.134. The highest BCUT2D eigenvalue weighted by Gasteiger charge is 2.25. The first kappa shape index (κ1) is 15.2. The Labute approximate surface area is 110 Å². The maximum absolute atomic E-state index is 11.4. The van der Waals surface area contributed by atoms with Crippen molar-refractivity contribution in [2.75, 3.05) is 6.54 Å². The molecule has 1 aliphatic rings. The maximum Gasteiger partial charge on any atom is 0.243 e. The fourth-order valence-electron chi connectivity index (χ4n) is 2.25. The van der Waals surface area contributed by atoms with Crippen molar-refractivity contribution >= 4 is 11.8 Å². The lowest BCUT2D eigenvalue weighted by atomic mass is 10.1. The predicted molar refractivity (Wildman–Crippen MR) is 72.2 cm³/mol. The van der Waals surface area contributed by atoms with E-state index in [4.69, 9.17) is 0 Å². The minimum atomic E-state index is -0.164. The number of rotatable bonds is 9. The molecule has 1 unspecified atom stereocenters. The molecule has 2 N–H and O–H groups in total. The first-order chi connectivity index (χ1) is 8.74. The fourth-order valence-corrected chi connectivity index (χ4v) is 2.25. The van der Waals surface area contributed by atoms with E-state index in [0.29, 0.717) is 12.8 Å². The summed E-state index contributed by atoms with van der Waals surface area (Å²) in [5.41, 5.74) is 0. The van der Waals surface area contributed by atoms with Crippen molar-refractivity contribution < 1.29 is 9.59 Å². The monoisotopic (exact) mass is 254 g/mol. The van der Waals surface area contributed by atoms with E-state index in [1.807, 2.05) is 0 Å². The smallest absolute Gasteiger partial charge is 0.243 e. The molecule has 18 heavy (non-hydrogen) atoms. The predicted octanol–water partition coefficient (Wildman–Crippen LogP) is 2.13.